The predicted octanol–water partition coefficient (Wildman–Crippen LogP) is 2.81. The molecule has 6 heteroatoms. The zero-order valence-corrected chi connectivity index (χ0v) is 14.6. The molecule has 1 atom stereocenters. The van der Waals surface area contributed by atoms with Crippen LogP contribution in [0.4, 0.5) is 5.69 Å². The first kappa shape index (κ1) is 17.3. The van der Waals surface area contributed by atoms with Crippen LogP contribution in [0.1, 0.15) is 12.0 Å². The summed E-state index contributed by atoms with van der Waals surface area (Å²) in [6, 6.07) is 14.1. The van der Waals surface area contributed by atoms with Gasteiger partial charge in [0.15, 0.2) is 0 Å². The van der Waals surface area contributed by atoms with Crippen LogP contribution in [0.2, 0.25) is 5.02 Å². The Balaban J connectivity index is 1.61. The molecule has 0 bridgehead atoms. The van der Waals surface area contributed by atoms with Gasteiger partial charge in [-0.15, -0.1) is 0 Å². The topological polar surface area (TPSA) is 58.6 Å². The Morgan fingerprint density at radius 1 is 1.28 bits per heavy atom. The molecular formula is C19H19ClN2O3. The Bertz CT molecular complexity index is 779. The molecule has 1 aliphatic rings. The van der Waals surface area contributed by atoms with Crippen LogP contribution >= 0.6 is 11.6 Å². The van der Waals surface area contributed by atoms with E-state index in [-0.39, 0.29) is 18.2 Å². The first-order valence-corrected chi connectivity index (χ1v) is 8.44. The Kier molecular flexibility index (Phi) is 5.24. The maximum atomic E-state index is 12.5. The molecule has 1 heterocycles. The highest BCUT2D eigenvalue weighted by molar-refractivity contribution is 6.31. The SMILES string of the molecule is COc1ccc(CC(=O)N[C@H]2CCN(c3ccccc3)C2=O)c(Cl)c1. The average molecular weight is 359 g/mol. The van der Waals surface area contributed by atoms with Crippen LogP contribution in [0.15, 0.2) is 48.5 Å². The van der Waals surface area contributed by atoms with Gasteiger partial charge in [0.2, 0.25) is 11.8 Å². The molecule has 0 aliphatic carbocycles. The number of hydrogen-bond donors (Lipinski definition) is 1. The van der Waals surface area contributed by atoms with Crippen molar-refractivity contribution in [3.63, 3.8) is 0 Å². The van der Waals surface area contributed by atoms with Crippen molar-refractivity contribution in [2.24, 2.45) is 0 Å². The van der Waals surface area contributed by atoms with Crippen LogP contribution in [-0.4, -0.2) is 31.5 Å². The lowest BCUT2D eigenvalue weighted by Gasteiger charge is -2.17. The normalized spacial score (nSPS) is 16.8. The van der Waals surface area contributed by atoms with E-state index in [1.54, 1.807) is 30.2 Å². The standard InChI is InChI=1S/C19H19ClN2O3/c1-25-15-8-7-13(16(20)12-15)11-18(23)21-17-9-10-22(19(17)24)14-5-3-2-4-6-14/h2-8,12,17H,9-11H2,1H3,(H,21,23)/t17-/m0/s1. The molecule has 1 saturated heterocycles. The lowest BCUT2D eigenvalue weighted by Crippen LogP contribution is -2.42. The zero-order valence-electron chi connectivity index (χ0n) is 13.9. The first-order chi connectivity index (χ1) is 12.1. The molecule has 1 aliphatic heterocycles. The molecule has 2 aromatic carbocycles. The molecule has 25 heavy (non-hydrogen) atoms. The average Bonchev–Trinajstić information content (AvgIpc) is 2.98. The van der Waals surface area contributed by atoms with Crippen molar-refractivity contribution in [3.05, 3.63) is 59.1 Å². The number of nitrogens with one attached hydrogen (secondary N) is 1. The van der Waals surface area contributed by atoms with Crippen LogP contribution in [0.3, 0.4) is 0 Å². The second kappa shape index (κ2) is 7.57. The second-order valence-electron chi connectivity index (χ2n) is 5.87. The van der Waals surface area contributed by atoms with Crippen LogP contribution in [0.5, 0.6) is 5.75 Å². The molecule has 5 nitrogen and oxygen atoms in total. The molecular weight excluding hydrogens is 340 g/mol. The van der Waals surface area contributed by atoms with E-state index in [4.69, 9.17) is 16.3 Å². The number of methoxy groups -OCH3 is 1. The van der Waals surface area contributed by atoms with E-state index >= 15 is 0 Å². The van der Waals surface area contributed by atoms with Crippen LogP contribution < -0.4 is 15.0 Å². The summed E-state index contributed by atoms with van der Waals surface area (Å²) in [5.74, 6) is 0.333. The number of carbonyl (C=O) groups excluding carboxylic acids is 2. The molecule has 130 valence electrons. The fourth-order valence-electron chi connectivity index (χ4n) is 2.89. The van der Waals surface area contributed by atoms with Crippen molar-refractivity contribution in [2.75, 3.05) is 18.6 Å². The highest BCUT2D eigenvalue weighted by atomic mass is 35.5. The van der Waals surface area contributed by atoms with Crippen molar-refractivity contribution < 1.29 is 14.3 Å². The fourth-order valence-corrected chi connectivity index (χ4v) is 3.13. The minimum Gasteiger partial charge on any atom is -0.497 e. The third kappa shape index (κ3) is 3.94. The molecule has 0 aromatic heterocycles. The number of benzene rings is 2. The number of ether oxygens (including phenoxy) is 1. The molecule has 0 radical (unpaired) electrons. The highest BCUT2D eigenvalue weighted by Gasteiger charge is 2.33. The second-order valence-corrected chi connectivity index (χ2v) is 6.28. The van der Waals surface area contributed by atoms with E-state index < -0.39 is 6.04 Å². The summed E-state index contributed by atoms with van der Waals surface area (Å²) in [5, 5.41) is 3.28. The Hall–Kier alpha value is -2.53. The van der Waals surface area contributed by atoms with Crippen LogP contribution in [0.25, 0.3) is 0 Å². The van der Waals surface area contributed by atoms with Gasteiger partial charge < -0.3 is 15.0 Å². The Morgan fingerprint density at radius 2 is 2.04 bits per heavy atom. The summed E-state index contributed by atoms with van der Waals surface area (Å²) in [7, 11) is 1.56. The van der Waals surface area contributed by atoms with Gasteiger partial charge >= 0.3 is 0 Å². The third-order valence-electron chi connectivity index (χ3n) is 4.22. The molecule has 0 unspecified atom stereocenters. The van der Waals surface area contributed by atoms with Crippen molar-refractivity contribution in [3.8, 4) is 5.75 Å². The van der Waals surface area contributed by atoms with E-state index in [0.717, 1.165) is 5.69 Å². The van der Waals surface area contributed by atoms with Crippen molar-refractivity contribution >= 4 is 29.1 Å². The molecule has 2 amide bonds. The number of rotatable bonds is 5. The van der Waals surface area contributed by atoms with Gasteiger partial charge in [0, 0.05) is 17.3 Å². The van der Waals surface area contributed by atoms with Gasteiger partial charge in [-0.1, -0.05) is 35.9 Å². The predicted molar refractivity (Wildman–Crippen MR) is 97.1 cm³/mol. The van der Waals surface area contributed by atoms with Gasteiger partial charge in [0.1, 0.15) is 11.8 Å². The summed E-state index contributed by atoms with van der Waals surface area (Å²) < 4.78 is 5.10. The Labute approximate surface area is 151 Å². The first-order valence-electron chi connectivity index (χ1n) is 8.06. The zero-order chi connectivity index (χ0) is 17.8. The number of amides is 2. The van der Waals surface area contributed by atoms with Crippen LogP contribution in [0, 0.1) is 0 Å². The van der Waals surface area contributed by atoms with Gasteiger partial charge in [0.05, 0.1) is 13.5 Å². The summed E-state index contributed by atoms with van der Waals surface area (Å²) >= 11 is 6.17. The lowest BCUT2D eigenvalue weighted by atomic mass is 10.1. The van der Waals surface area contributed by atoms with E-state index in [1.165, 1.54) is 0 Å². The summed E-state index contributed by atoms with van der Waals surface area (Å²) in [6.45, 7) is 0.594. The number of carbonyl (C=O) groups is 2. The van der Waals surface area contributed by atoms with Crippen molar-refractivity contribution in [1.82, 2.24) is 5.32 Å². The largest absolute Gasteiger partial charge is 0.497 e. The minimum absolute atomic E-state index is 0.0830. The molecule has 1 fully saturated rings. The van der Waals surface area contributed by atoms with E-state index in [0.29, 0.717) is 29.3 Å². The van der Waals surface area contributed by atoms with E-state index in [9.17, 15) is 9.59 Å². The van der Waals surface area contributed by atoms with Gasteiger partial charge in [-0.3, -0.25) is 9.59 Å². The Morgan fingerprint density at radius 3 is 2.72 bits per heavy atom. The van der Waals surface area contributed by atoms with Crippen molar-refractivity contribution in [2.45, 2.75) is 18.9 Å². The summed E-state index contributed by atoms with van der Waals surface area (Å²) in [4.78, 5) is 26.5. The summed E-state index contributed by atoms with van der Waals surface area (Å²) in [5.41, 5.74) is 1.55. The number of para-hydroxylation sites is 1. The molecule has 2 aromatic rings. The monoisotopic (exact) mass is 358 g/mol. The molecule has 1 N–H and O–H groups in total. The number of halogens is 1. The summed E-state index contributed by atoms with van der Waals surface area (Å²) in [6.07, 6.45) is 0.716. The van der Waals surface area contributed by atoms with Crippen LogP contribution in [-0.2, 0) is 16.0 Å². The smallest absolute Gasteiger partial charge is 0.249 e. The van der Waals surface area contributed by atoms with Gasteiger partial charge in [-0.2, -0.15) is 0 Å². The fraction of sp³-hybridized carbons (Fsp3) is 0.263. The highest BCUT2D eigenvalue weighted by Crippen LogP contribution is 2.24. The quantitative estimate of drug-likeness (QED) is 0.894. The van der Waals surface area contributed by atoms with Gasteiger partial charge in [0.25, 0.3) is 0 Å². The van der Waals surface area contributed by atoms with Gasteiger partial charge in [-0.25, -0.2) is 0 Å². The van der Waals surface area contributed by atoms with Gasteiger partial charge in [-0.05, 0) is 36.2 Å². The lowest BCUT2D eigenvalue weighted by molar-refractivity contribution is -0.126. The van der Waals surface area contributed by atoms with Crippen molar-refractivity contribution in [1.29, 1.82) is 0 Å². The molecule has 0 spiro atoms. The maximum absolute atomic E-state index is 12.5. The number of hydrogen-bond acceptors (Lipinski definition) is 3. The minimum atomic E-state index is -0.496. The number of anilines is 1. The van der Waals surface area contributed by atoms with E-state index in [2.05, 4.69) is 5.32 Å². The maximum Gasteiger partial charge on any atom is 0.249 e. The molecule has 0 saturated carbocycles. The molecule has 3 rings (SSSR count). The van der Waals surface area contributed by atoms with E-state index in [1.807, 2.05) is 30.3 Å². The number of nitrogens with zero attached hydrogens (tertiary/aromatic N) is 1. The third-order valence-corrected chi connectivity index (χ3v) is 4.57.